The predicted octanol–water partition coefficient (Wildman–Crippen LogP) is 21.5. The van der Waals surface area contributed by atoms with Gasteiger partial charge in [0.15, 0.2) is 6.10 Å². The van der Waals surface area contributed by atoms with E-state index >= 15 is 0 Å². The van der Waals surface area contributed by atoms with Crippen LogP contribution in [0.2, 0.25) is 0 Å². The molecule has 416 valence electrons. The zero-order chi connectivity index (χ0) is 50.7. The molecule has 0 radical (unpaired) electrons. The van der Waals surface area contributed by atoms with Gasteiger partial charge in [0.05, 0.1) is 0 Å². The summed E-state index contributed by atoms with van der Waals surface area (Å²) >= 11 is 0. The molecule has 0 N–H and O–H groups in total. The lowest BCUT2D eigenvalue weighted by Crippen LogP contribution is -2.30. The average Bonchev–Trinajstić information content (AvgIpc) is 3.36. The van der Waals surface area contributed by atoms with Gasteiger partial charge in [0.1, 0.15) is 13.2 Å². The maximum absolute atomic E-state index is 12.9. The Bertz CT molecular complexity index is 1040. The summed E-state index contributed by atoms with van der Waals surface area (Å²) in [4.78, 5) is 38.3. The van der Waals surface area contributed by atoms with Crippen LogP contribution in [0, 0.1) is 0 Å². The summed E-state index contributed by atoms with van der Waals surface area (Å²) in [5.74, 6) is -0.826. The number of hydrogen-bond acceptors (Lipinski definition) is 6. The Labute approximate surface area is 438 Å². The highest BCUT2D eigenvalue weighted by Gasteiger charge is 2.19. The van der Waals surface area contributed by atoms with Crippen molar-refractivity contribution >= 4 is 17.9 Å². The predicted molar refractivity (Wildman–Crippen MR) is 303 cm³/mol. The maximum Gasteiger partial charge on any atom is 0.306 e. The molecule has 0 saturated carbocycles. The largest absolute Gasteiger partial charge is 0.462 e. The van der Waals surface area contributed by atoms with Crippen molar-refractivity contribution in [3.05, 3.63) is 0 Å². The molecule has 0 aromatic rings. The van der Waals surface area contributed by atoms with Crippen molar-refractivity contribution in [2.45, 2.75) is 380 Å². The van der Waals surface area contributed by atoms with E-state index in [-0.39, 0.29) is 31.1 Å². The van der Waals surface area contributed by atoms with Crippen molar-refractivity contribution in [1.29, 1.82) is 0 Å². The summed E-state index contributed by atoms with van der Waals surface area (Å²) in [5.41, 5.74) is 0. The average molecular weight is 990 g/mol. The topological polar surface area (TPSA) is 78.9 Å². The monoisotopic (exact) mass is 989 g/mol. The molecule has 0 aliphatic heterocycles. The number of rotatable bonds is 60. The second kappa shape index (κ2) is 60.0. The molecule has 6 heteroatoms. The van der Waals surface area contributed by atoms with Crippen molar-refractivity contribution < 1.29 is 28.6 Å². The van der Waals surface area contributed by atoms with Gasteiger partial charge in [-0.1, -0.05) is 335 Å². The standard InChI is InChI=1S/C64H124O6/c1-4-7-10-13-16-19-22-25-27-29-30-31-32-33-35-36-39-42-45-48-51-54-57-63(66)69-60-61(59-68-62(65)56-53-50-47-44-41-38-24-21-18-15-12-9-6-3)70-64(67)58-55-52-49-46-43-40-37-34-28-26-23-20-17-14-11-8-5-2/h61H,4-60H2,1-3H3. The van der Waals surface area contributed by atoms with Gasteiger partial charge in [-0.05, 0) is 19.3 Å². The third-order valence-corrected chi connectivity index (χ3v) is 14.9. The number of carbonyl (C=O) groups is 3. The number of esters is 3. The Morgan fingerprint density at radius 1 is 0.229 bits per heavy atom. The molecule has 0 bridgehead atoms. The Kier molecular flexibility index (Phi) is 58.6. The molecule has 0 rings (SSSR count). The Balaban J connectivity index is 4.22. The van der Waals surface area contributed by atoms with Gasteiger partial charge in [-0.15, -0.1) is 0 Å². The van der Waals surface area contributed by atoms with Crippen LogP contribution in [0.1, 0.15) is 374 Å². The van der Waals surface area contributed by atoms with E-state index < -0.39 is 6.10 Å². The van der Waals surface area contributed by atoms with Crippen LogP contribution in [0.3, 0.4) is 0 Å². The van der Waals surface area contributed by atoms with E-state index in [0.717, 1.165) is 57.8 Å². The quantitative estimate of drug-likeness (QED) is 0.0343. The smallest absolute Gasteiger partial charge is 0.306 e. The van der Waals surface area contributed by atoms with Crippen LogP contribution in [0.5, 0.6) is 0 Å². The summed E-state index contributed by atoms with van der Waals surface area (Å²) in [5, 5.41) is 0. The van der Waals surface area contributed by atoms with Crippen LogP contribution >= 0.6 is 0 Å². The Morgan fingerprint density at radius 3 is 0.571 bits per heavy atom. The number of ether oxygens (including phenoxy) is 3. The first kappa shape index (κ1) is 68.4. The summed E-state index contributed by atoms with van der Waals surface area (Å²) in [6.07, 6.45) is 68.2. The van der Waals surface area contributed by atoms with Gasteiger partial charge >= 0.3 is 17.9 Å². The molecule has 0 saturated heterocycles. The molecule has 0 aliphatic carbocycles. The Hall–Kier alpha value is -1.59. The first-order valence-corrected chi connectivity index (χ1v) is 32.0. The van der Waals surface area contributed by atoms with E-state index in [1.54, 1.807) is 0 Å². The van der Waals surface area contributed by atoms with Crippen LogP contribution < -0.4 is 0 Å². The molecule has 0 aromatic carbocycles. The van der Waals surface area contributed by atoms with Gasteiger partial charge in [0.2, 0.25) is 0 Å². The van der Waals surface area contributed by atoms with Crippen LogP contribution in [-0.4, -0.2) is 37.2 Å². The van der Waals surface area contributed by atoms with E-state index in [2.05, 4.69) is 20.8 Å². The highest BCUT2D eigenvalue weighted by atomic mass is 16.6. The van der Waals surface area contributed by atoms with Crippen LogP contribution in [0.25, 0.3) is 0 Å². The lowest BCUT2D eigenvalue weighted by Gasteiger charge is -2.18. The second-order valence-corrected chi connectivity index (χ2v) is 22.1. The third-order valence-electron chi connectivity index (χ3n) is 14.9. The molecule has 1 atom stereocenters. The minimum absolute atomic E-state index is 0.0606. The van der Waals surface area contributed by atoms with Crippen molar-refractivity contribution in [2.75, 3.05) is 13.2 Å². The molecule has 0 aromatic heterocycles. The normalized spacial score (nSPS) is 11.9. The first-order chi connectivity index (χ1) is 34.5. The number of unbranched alkanes of at least 4 members (excludes halogenated alkanes) is 49. The van der Waals surface area contributed by atoms with Gasteiger partial charge in [-0.2, -0.15) is 0 Å². The van der Waals surface area contributed by atoms with Crippen molar-refractivity contribution in [3.63, 3.8) is 0 Å². The number of carbonyl (C=O) groups excluding carboxylic acids is 3. The molecule has 0 spiro atoms. The summed E-state index contributed by atoms with van der Waals surface area (Å²) in [6.45, 7) is 6.73. The van der Waals surface area contributed by atoms with Gasteiger partial charge in [-0.25, -0.2) is 0 Å². The first-order valence-electron chi connectivity index (χ1n) is 32.0. The van der Waals surface area contributed by atoms with Crippen LogP contribution in [0.4, 0.5) is 0 Å². The van der Waals surface area contributed by atoms with Gasteiger partial charge in [0.25, 0.3) is 0 Å². The fourth-order valence-electron chi connectivity index (χ4n) is 10.0. The molecule has 1 unspecified atom stereocenters. The molecular formula is C64H124O6. The fraction of sp³-hybridized carbons (Fsp3) is 0.953. The third kappa shape index (κ3) is 57.3. The summed E-state index contributed by atoms with van der Waals surface area (Å²) in [7, 11) is 0. The van der Waals surface area contributed by atoms with Crippen LogP contribution in [-0.2, 0) is 28.6 Å². The van der Waals surface area contributed by atoms with E-state index in [4.69, 9.17) is 14.2 Å². The molecule has 6 nitrogen and oxygen atoms in total. The van der Waals surface area contributed by atoms with Gasteiger partial charge < -0.3 is 14.2 Å². The maximum atomic E-state index is 12.9. The summed E-state index contributed by atoms with van der Waals surface area (Å²) < 4.78 is 16.9. The van der Waals surface area contributed by atoms with E-state index in [0.29, 0.717) is 19.3 Å². The highest BCUT2D eigenvalue weighted by Crippen LogP contribution is 2.19. The second-order valence-electron chi connectivity index (χ2n) is 22.1. The molecule has 0 heterocycles. The SMILES string of the molecule is CCCCCCCCCCCCCCCCCCCCCCCCC(=O)OCC(COC(=O)CCCCCCCCCCCCCCC)OC(=O)CCCCCCCCCCCCCCCCCCC. The van der Waals surface area contributed by atoms with E-state index in [1.807, 2.05) is 0 Å². The van der Waals surface area contributed by atoms with Crippen LogP contribution in [0.15, 0.2) is 0 Å². The fourth-order valence-corrected chi connectivity index (χ4v) is 10.0. The van der Waals surface area contributed by atoms with Gasteiger partial charge in [0, 0.05) is 19.3 Å². The lowest BCUT2D eigenvalue weighted by atomic mass is 10.0. The van der Waals surface area contributed by atoms with E-state index in [9.17, 15) is 14.4 Å². The van der Waals surface area contributed by atoms with Crippen molar-refractivity contribution in [3.8, 4) is 0 Å². The van der Waals surface area contributed by atoms with Gasteiger partial charge in [-0.3, -0.25) is 14.4 Å². The molecule has 0 fully saturated rings. The minimum atomic E-state index is -0.762. The van der Waals surface area contributed by atoms with Crippen molar-refractivity contribution in [1.82, 2.24) is 0 Å². The number of hydrogen-bond donors (Lipinski definition) is 0. The highest BCUT2D eigenvalue weighted by molar-refractivity contribution is 5.71. The lowest BCUT2D eigenvalue weighted by molar-refractivity contribution is -0.167. The minimum Gasteiger partial charge on any atom is -0.462 e. The molecule has 0 amide bonds. The molecule has 70 heavy (non-hydrogen) atoms. The zero-order valence-electron chi connectivity index (χ0n) is 47.8. The summed E-state index contributed by atoms with van der Waals surface area (Å²) in [6, 6.07) is 0. The molecule has 0 aliphatic rings. The zero-order valence-corrected chi connectivity index (χ0v) is 47.8. The molecular weight excluding hydrogens is 865 g/mol. The van der Waals surface area contributed by atoms with E-state index in [1.165, 1.54) is 276 Å². The van der Waals surface area contributed by atoms with Crippen molar-refractivity contribution in [2.24, 2.45) is 0 Å². The Morgan fingerprint density at radius 2 is 0.386 bits per heavy atom.